The van der Waals surface area contributed by atoms with Crippen molar-refractivity contribution < 1.29 is 9.53 Å². The molecule has 0 amide bonds. The van der Waals surface area contributed by atoms with Crippen molar-refractivity contribution in [2.24, 2.45) is 0 Å². The molecule has 0 aliphatic heterocycles. The minimum atomic E-state index is -0.324. The summed E-state index contributed by atoms with van der Waals surface area (Å²) in [4.78, 5) is 13.0. The molecule has 0 spiro atoms. The summed E-state index contributed by atoms with van der Waals surface area (Å²) in [5.41, 5.74) is 0. The monoisotopic (exact) mass is 326 g/mol. The Balaban J connectivity index is 1.90. The van der Waals surface area contributed by atoms with E-state index in [-0.39, 0.29) is 11.2 Å². The number of nitrogens with zero attached hydrogens (tertiary/aromatic N) is 4. The number of thiophene rings is 1. The molecule has 0 N–H and O–H groups in total. The van der Waals surface area contributed by atoms with Gasteiger partial charge in [-0.25, -0.2) is 4.68 Å². The third-order valence-corrected chi connectivity index (χ3v) is 4.65. The SMILES string of the molecule is CCCCOC(=O)C(C)Sc1nnnn1Cc1cccs1. The van der Waals surface area contributed by atoms with Crippen LogP contribution in [0.4, 0.5) is 0 Å². The first-order valence-corrected chi connectivity index (χ1v) is 8.58. The fourth-order valence-corrected chi connectivity index (χ4v) is 3.04. The van der Waals surface area contributed by atoms with Gasteiger partial charge in [0.05, 0.1) is 13.2 Å². The number of aromatic nitrogens is 4. The third kappa shape index (κ3) is 4.82. The van der Waals surface area contributed by atoms with Gasteiger partial charge in [-0.1, -0.05) is 31.2 Å². The molecule has 2 aromatic heterocycles. The number of rotatable bonds is 8. The van der Waals surface area contributed by atoms with Crippen LogP contribution in [0, 0.1) is 0 Å². The molecule has 0 bridgehead atoms. The van der Waals surface area contributed by atoms with Gasteiger partial charge in [-0.3, -0.25) is 4.79 Å². The first kappa shape index (κ1) is 16.0. The van der Waals surface area contributed by atoms with E-state index < -0.39 is 0 Å². The van der Waals surface area contributed by atoms with Crippen LogP contribution in [0.15, 0.2) is 22.7 Å². The molecule has 0 radical (unpaired) electrons. The molecule has 8 heteroatoms. The molecule has 114 valence electrons. The molecule has 0 aliphatic carbocycles. The first-order valence-electron chi connectivity index (χ1n) is 6.82. The molecular weight excluding hydrogens is 308 g/mol. The predicted octanol–water partition coefficient (Wildman–Crippen LogP) is 2.61. The van der Waals surface area contributed by atoms with Crippen LogP contribution in [-0.2, 0) is 16.1 Å². The number of esters is 1. The molecule has 21 heavy (non-hydrogen) atoms. The van der Waals surface area contributed by atoms with Gasteiger partial charge in [0.15, 0.2) is 0 Å². The van der Waals surface area contributed by atoms with Crippen molar-refractivity contribution in [2.75, 3.05) is 6.61 Å². The van der Waals surface area contributed by atoms with Crippen molar-refractivity contribution in [3.8, 4) is 0 Å². The number of ether oxygens (including phenoxy) is 1. The summed E-state index contributed by atoms with van der Waals surface area (Å²) < 4.78 is 6.90. The summed E-state index contributed by atoms with van der Waals surface area (Å²) in [5.74, 6) is -0.223. The van der Waals surface area contributed by atoms with E-state index in [1.807, 2.05) is 24.4 Å². The molecule has 0 fully saturated rings. The molecule has 0 saturated carbocycles. The van der Waals surface area contributed by atoms with E-state index in [0.29, 0.717) is 18.3 Å². The fourth-order valence-electron chi connectivity index (χ4n) is 1.57. The maximum atomic E-state index is 11.9. The van der Waals surface area contributed by atoms with Gasteiger partial charge in [0, 0.05) is 4.88 Å². The summed E-state index contributed by atoms with van der Waals surface area (Å²) in [6, 6.07) is 4.02. The zero-order valence-corrected chi connectivity index (χ0v) is 13.7. The van der Waals surface area contributed by atoms with Crippen molar-refractivity contribution in [2.45, 2.75) is 43.6 Å². The lowest BCUT2D eigenvalue weighted by Crippen LogP contribution is -2.18. The van der Waals surface area contributed by atoms with Gasteiger partial charge in [-0.05, 0) is 35.2 Å². The lowest BCUT2D eigenvalue weighted by Gasteiger charge is -2.10. The van der Waals surface area contributed by atoms with E-state index in [0.717, 1.165) is 12.8 Å². The molecular formula is C13H18N4O2S2. The molecule has 2 rings (SSSR count). The van der Waals surface area contributed by atoms with Gasteiger partial charge in [-0.2, -0.15) is 0 Å². The van der Waals surface area contributed by atoms with Crippen LogP contribution in [0.25, 0.3) is 0 Å². The topological polar surface area (TPSA) is 69.9 Å². The largest absolute Gasteiger partial charge is 0.465 e. The second kappa shape index (κ2) is 8.14. The van der Waals surface area contributed by atoms with Crippen LogP contribution in [-0.4, -0.2) is 38.0 Å². The Labute approximate surface area is 131 Å². The van der Waals surface area contributed by atoms with Crippen LogP contribution in [0.1, 0.15) is 31.6 Å². The summed E-state index contributed by atoms with van der Waals surface area (Å²) >= 11 is 2.97. The van der Waals surface area contributed by atoms with Crippen molar-refractivity contribution >= 4 is 29.1 Å². The quantitative estimate of drug-likeness (QED) is 0.422. The minimum absolute atomic E-state index is 0.223. The van der Waals surface area contributed by atoms with Gasteiger partial charge in [0.1, 0.15) is 5.25 Å². The van der Waals surface area contributed by atoms with Crippen molar-refractivity contribution in [3.63, 3.8) is 0 Å². The number of carbonyl (C=O) groups excluding carboxylic acids is 1. The zero-order chi connectivity index (χ0) is 15.1. The molecule has 6 nitrogen and oxygen atoms in total. The molecule has 0 aliphatic rings. The molecule has 0 saturated heterocycles. The second-order valence-electron chi connectivity index (χ2n) is 4.48. The maximum absolute atomic E-state index is 11.9. The summed E-state index contributed by atoms with van der Waals surface area (Å²) in [6.07, 6.45) is 1.90. The standard InChI is InChI=1S/C13H18N4O2S2/c1-3-4-7-19-12(18)10(2)21-13-14-15-16-17(13)9-11-6-5-8-20-11/h5-6,8,10H,3-4,7,9H2,1-2H3. The van der Waals surface area contributed by atoms with Crippen LogP contribution < -0.4 is 0 Å². The number of thioether (sulfide) groups is 1. The normalized spacial score (nSPS) is 12.3. The van der Waals surface area contributed by atoms with Gasteiger partial charge in [0.2, 0.25) is 5.16 Å². The molecule has 1 atom stereocenters. The third-order valence-electron chi connectivity index (χ3n) is 2.74. The van der Waals surface area contributed by atoms with Gasteiger partial charge in [-0.15, -0.1) is 16.4 Å². The van der Waals surface area contributed by atoms with E-state index in [4.69, 9.17) is 4.74 Å². The molecule has 1 unspecified atom stereocenters. The van der Waals surface area contributed by atoms with Crippen LogP contribution in [0.2, 0.25) is 0 Å². The Kier molecular flexibility index (Phi) is 6.19. The van der Waals surface area contributed by atoms with Crippen LogP contribution in [0.5, 0.6) is 0 Å². The van der Waals surface area contributed by atoms with E-state index in [1.165, 1.54) is 16.6 Å². The Morgan fingerprint density at radius 1 is 1.57 bits per heavy atom. The van der Waals surface area contributed by atoms with Crippen LogP contribution in [0.3, 0.4) is 0 Å². The maximum Gasteiger partial charge on any atom is 0.319 e. The van der Waals surface area contributed by atoms with Gasteiger partial charge >= 0.3 is 5.97 Å². The van der Waals surface area contributed by atoms with Gasteiger partial charge in [0.25, 0.3) is 0 Å². The number of tetrazole rings is 1. The lowest BCUT2D eigenvalue weighted by atomic mass is 10.4. The van der Waals surface area contributed by atoms with Crippen molar-refractivity contribution in [3.05, 3.63) is 22.4 Å². The molecule has 2 heterocycles. The lowest BCUT2D eigenvalue weighted by molar-refractivity contribution is -0.142. The number of unbranched alkanes of at least 4 members (excludes halogenated alkanes) is 1. The van der Waals surface area contributed by atoms with E-state index in [9.17, 15) is 4.79 Å². The van der Waals surface area contributed by atoms with Crippen molar-refractivity contribution in [1.82, 2.24) is 20.2 Å². The average Bonchev–Trinajstić information content (AvgIpc) is 3.12. The Bertz CT molecular complexity index is 556. The minimum Gasteiger partial charge on any atom is -0.465 e. The fraction of sp³-hybridized carbons (Fsp3) is 0.538. The van der Waals surface area contributed by atoms with E-state index >= 15 is 0 Å². The first-order chi connectivity index (χ1) is 10.2. The smallest absolute Gasteiger partial charge is 0.319 e. The highest BCUT2D eigenvalue weighted by Crippen LogP contribution is 2.22. The predicted molar refractivity (Wildman–Crippen MR) is 82.4 cm³/mol. The van der Waals surface area contributed by atoms with E-state index in [1.54, 1.807) is 16.0 Å². The zero-order valence-electron chi connectivity index (χ0n) is 12.1. The molecule has 2 aromatic rings. The molecule has 0 aromatic carbocycles. The highest BCUT2D eigenvalue weighted by Gasteiger charge is 2.19. The Morgan fingerprint density at radius 2 is 2.43 bits per heavy atom. The Hall–Kier alpha value is -1.41. The summed E-state index contributed by atoms with van der Waals surface area (Å²) in [5, 5.41) is 13.9. The summed E-state index contributed by atoms with van der Waals surface area (Å²) in [7, 11) is 0. The van der Waals surface area contributed by atoms with Crippen molar-refractivity contribution in [1.29, 1.82) is 0 Å². The van der Waals surface area contributed by atoms with Crippen LogP contribution >= 0.6 is 23.1 Å². The highest BCUT2D eigenvalue weighted by atomic mass is 32.2. The summed E-state index contributed by atoms with van der Waals surface area (Å²) in [6.45, 7) is 4.96. The van der Waals surface area contributed by atoms with Gasteiger partial charge < -0.3 is 4.74 Å². The number of hydrogen-bond donors (Lipinski definition) is 0. The Morgan fingerprint density at radius 3 is 3.14 bits per heavy atom. The van der Waals surface area contributed by atoms with E-state index in [2.05, 4.69) is 22.4 Å². The number of hydrogen-bond acceptors (Lipinski definition) is 7. The second-order valence-corrected chi connectivity index (χ2v) is 6.82. The average molecular weight is 326 g/mol. The number of carbonyl (C=O) groups is 1. The highest BCUT2D eigenvalue weighted by molar-refractivity contribution is 8.00.